The van der Waals surface area contributed by atoms with Crippen molar-refractivity contribution in [3.05, 3.63) is 59.4 Å². The minimum atomic E-state index is -1.11. The van der Waals surface area contributed by atoms with Gasteiger partial charge in [-0.3, -0.25) is 9.78 Å². The number of hydrogen-bond donors (Lipinski definition) is 1. The van der Waals surface area contributed by atoms with Crippen LogP contribution in [0.2, 0.25) is 5.02 Å². The molecule has 0 fully saturated rings. The van der Waals surface area contributed by atoms with Crippen LogP contribution < -0.4 is 4.74 Å². The Labute approximate surface area is 141 Å². The first-order valence-electron chi connectivity index (χ1n) is 7.33. The van der Waals surface area contributed by atoms with Crippen molar-refractivity contribution in [3.8, 4) is 5.75 Å². The van der Waals surface area contributed by atoms with E-state index in [1.54, 1.807) is 63.4 Å². The Hall–Kier alpha value is -1.91. The molecule has 0 bridgehead atoms. The third-order valence-electron chi connectivity index (χ3n) is 3.39. The van der Waals surface area contributed by atoms with E-state index in [1.807, 2.05) is 0 Å². The highest BCUT2D eigenvalue weighted by Gasteiger charge is 2.37. The Bertz CT molecular complexity index is 650. The van der Waals surface area contributed by atoms with Crippen LogP contribution in [0.25, 0.3) is 0 Å². The summed E-state index contributed by atoms with van der Waals surface area (Å²) in [5.74, 6) is 0.281. The standard InChI is InChI=1S/C18H20ClNO3/c1-18(2,3)17(22)16(15(21)12-5-4-10-20-11-12)23-14-8-6-13(19)7-9-14/h4-11,15-16,21H,1-3H3. The molecule has 0 aliphatic rings. The summed E-state index contributed by atoms with van der Waals surface area (Å²) in [5.41, 5.74) is -0.121. The zero-order chi connectivity index (χ0) is 17.0. The third kappa shape index (κ3) is 4.53. The average Bonchev–Trinajstić information content (AvgIpc) is 2.53. The van der Waals surface area contributed by atoms with E-state index < -0.39 is 17.6 Å². The fraction of sp³-hybridized carbons (Fsp3) is 0.333. The maximum atomic E-state index is 12.7. The lowest BCUT2D eigenvalue weighted by Crippen LogP contribution is -2.41. The Morgan fingerprint density at radius 1 is 1.22 bits per heavy atom. The first-order valence-corrected chi connectivity index (χ1v) is 7.71. The van der Waals surface area contributed by atoms with Gasteiger partial charge in [-0.25, -0.2) is 0 Å². The van der Waals surface area contributed by atoms with Gasteiger partial charge in [-0.1, -0.05) is 38.4 Å². The molecular weight excluding hydrogens is 314 g/mol. The predicted molar refractivity (Wildman–Crippen MR) is 89.5 cm³/mol. The van der Waals surface area contributed by atoms with E-state index in [9.17, 15) is 9.90 Å². The van der Waals surface area contributed by atoms with Crippen molar-refractivity contribution in [3.63, 3.8) is 0 Å². The van der Waals surface area contributed by atoms with Gasteiger partial charge in [0.15, 0.2) is 11.9 Å². The molecule has 0 amide bonds. The Kier molecular flexibility index (Phi) is 5.39. The van der Waals surface area contributed by atoms with Crippen LogP contribution in [-0.2, 0) is 4.79 Å². The molecule has 0 saturated heterocycles. The number of Topliss-reactive ketones (excluding diaryl/α,β-unsaturated/α-hetero) is 1. The number of pyridine rings is 1. The van der Waals surface area contributed by atoms with Gasteiger partial charge in [-0.05, 0) is 30.3 Å². The van der Waals surface area contributed by atoms with Gasteiger partial charge in [0.05, 0.1) is 0 Å². The summed E-state index contributed by atoms with van der Waals surface area (Å²) in [6, 6.07) is 10.1. The van der Waals surface area contributed by atoms with Gasteiger partial charge in [0.1, 0.15) is 11.9 Å². The first-order chi connectivity index (χ1) is 10.8. The Balaban J connectivity index is 2.31. The molecule has 2 rings (SSSR count). The number of nitrogens with zero attached hydrogens (tertiary/aromatic N) is 1. The number of aliphatic hydroxyl groups is 1. The number of rotatable bonds is 5. The molecule has 1 aromatic heterocycles. The molecular formula is C18H20ClNO3. The van der Waals surface area contributed by atoms with Crippen molar-refractivity contribution in [1.82, 2.24) is 4.98 Å². The molecule has 0 radical (unpaired) electrons. The smallest absolute Gasteiger partial charge is 0.187 e. The lowest BCUT2D eigenvalue weighted by Gasteiger charge is -2.28. The Morgan fingerprint density at radius 2 is 1.87 bits per heavy atom. The Morgan fingerprint density at radius 3 is 2.39 bits per heavy atom. The fourth-order valence-corrected chi connectivity index (χ4v) is 2.20. The van der Waals surface area contributed by atoms with Crippen molar-refractivity contribution in [1.29, 1.82) is 0 Å². The van der Waals surface area contributed by atoms with Gasteiger partial charge in [0.2, 0.25) is 0 Å². The van der Waals surface area contributed by atoms with E-state index in [1.165, 1.54) is 6.20 Å². The quantitative estimate of drug-likeness (QED) is 0.903. The molecule has 23 heavy (non-hydrogen) atoms. The van der Waals surface area contributed by atoms with Crippen LogP contribution in [0.4, 0.5) is 0 Å². The highest BCUT2D eigenvalue weighted by molar-refractivity contribution is 6.30. The van der Waals surface area contributed by atoms with Crippen molar-refractivity contribution >= 4 is 17.4 Å². The summed E-state index contributed by atoms with van der Waals surface area (Å²) >= 11 is 5.86. The van der Waals surface area contributed by atoms with Gasteiger partial charge < -0.3 is 9.84 Å². The summed E-state index contributed by atoms with van der Waals surface area (Å²) in [7, 11) is 0. The van der Waals surface area contributed by atoms with E-state index in [2.05, 4.69) is 4.98 Å². The topological polar surface area (TPSA) is 59.4 Å². The van der Waals surface area contributed by atoms with Gasteiger partial charge in [0.25, 0.3) is 0 Å². The number of ether oxygens (including phenoxy) is 1. The third-order valence-corrected chi connectivity index (χ3v) is 3.64. The lowest BCUT2D eigenvalue weighted by molar-refractivity contribution is -0.139. The minimum Gasteiger partial charge on any atom is -0.480 e. The van der Waals surface area contributed by atoms with Gasteiger partial charge >= 0.3 is 0 Å². The van der Waals surface area contributed by atoms with Crippen LogP contribution in [0.3, 0.4) is 0 Å². The van der Waals surface area contributed by atoms with Gasteiger partial charge in [0, 0.05) is 28.4 Å². The van der Waals surface area contributed by atoms with Crippen LogP contribution in [0, 0.1) is 5.41 Å². The molecule has 0 saturated carbocycles. The number of aromatic nitrogens is 1. The molecule has 2 aromatic rings. The number of carbonyl (C=O) groups excluding carboxylic acids is 1. The van der Waals surface area contributed by atoms with E-state index in [0.29, 0.717) is 16.3 Å². The molecule has 2 atom stereocenters. The molecule has 1 aromatic carbocycles. The molecule has 0 aliphatic carbocycles. The number of ketones is 1. The number of halogens is 1. The minimum absolute atomic E-state index is 0.191. The summed E-state index contributed by atoms with van der Waals surface area (Å²) in [5, 5.41) is 11.2. The van der Waals surface area contributed by atoms with Crippen molar-refractivity contribution in [2.24, 2.45) is 5.41 Å². The normalized spacial score (nSPS) is 14.1. The molecule has 1 heterocycles. The van der Waals surface area contributed by atoms with Crippen LogP contribution in [0.15, 0.2) is 48.8 Å². The van der Waals surface area contributed by atoms with Crippen LogP contribution in [0.5, 0.6) is 5.75 Å². The number of carbonyl (C=O) groups is 1. The number of benzene rings is 1. The lowest BCUT2D eigenvalue weighted by atomic mass is 9.84. The van der Waals surface area contributed by atoms with Gasteiger partial charge in [-0.2, -0.15) is 0 Å². The predicted octanol–water partition coefficient (Wildman–Crippen LogP) is 3.83. The second-order valence-corrected chi connectivity index (χ2v) is 6.77. The largest absolute Gasteiger partial charge is 0.480 e. The number of aliphatic hydroxyl groups excluding tert-OH is 1. The van der Waals surface area contributed by atoms with Crippen molar-refractivity contribution in [2.75, 3.05) is 0 Å². The monoisotopic (exact) mass is 333 g/mol. The second kappa shape index (κ2) is 7.11. The second-order valence-electron chi connectivity index (χ2n) is 6.34. The highest BCUT2D eigenvalue weighted by Crippen LogP contribution is 2.29. The van der Waals surface area contributed by atoms with Crippen molar-refractivity contribution < 1.29 is 14.6 Å². The summed E-state index contributed by atoms with van der Waals surface area (Å²) in [6.45, 7) is 5.39. The average molecular weight is 334 g/mol. The van der Waals surface area contributed by atoms with Crippen LogP contribution in [-0.4, -0.2) is 22.0 Å². The maximum absolute atomic E-state index is 12.7. The summed E-state index contributed by atoms with van der Waals surface area (Å²) in [4.78, 5) is 16.7. The number of hydrogen-bond acceptors (Lipinski definition) is 4. The maximum Gasteiger partial charge on any atom is 0.187 e. The molecule has 1 N–H and O–H groups in total. The van der Waals surface area contributed by atoms with E-state index >= 15 is 0 Å². The zero-order valence-electron chi connectivity index (χ0n) is 13.4. The van der Waals surface area contributed by atoms with E-state index in [0.717, 1.165) is 0 Å². The molecule has 5 heteroatoms. The highest BCUT2D eigenvalue weighted by atomic mass is 35.5. The summed E-state index contributed by atoms with van der Waals surface area (Å²) < 4.78 is 5.79. The van der Waals surface area contributed by atoms with Gasteiger partial charge in [-0.15, -0.1) is 0 Å². The zero-order valence-corrected chi connectivity index (χ0v) is 14.1. The van der Waals surface area contributed by atoms with Crippen LogP contribution in [0.1, 0.15) is 32.4 Å². The van der Waals surface area contributed by atoms with E-state index in [-0.39, 0.29) is 5.78 Å². The molecule has 0 aliphatic heterocycles. The molecule has 2 unspecified atom stereocenters. The fourth-order valence-electron chi connectivity index (χ4n) is 2.07. The molecule has 4 nitrogen and oxygen atoms in total. The SMILES string of the molecule is CC(C)(C)C(=O)C(Oc1ccc(Cl)cc1)C(O)c1cccnc1. The first kappa shape index (κ1) is 17.4. The molecule has 122 valence electrons. The molecule has 0 spiro atoms. The van der Waals surface area contributed by atoms with E-state index in [4.69, 9.17) is 16.3 Å². The van der Waals surface area contributed by atoms with Crippen LogP contribution >= 0.6 is 11.6 Å². The van der Waals surface area contributed by atoms with Crippen molar-refractivity contribution in [2.45, 2.75) is 33.0 Å². The summed E-state index contributed by atoms with van der Waals surface area (Å²) in [6.07, 6.45) is 1.00.